The highest BCUT2D eigenvalue weighted by molar-refractivity contribution is 5.79. The van der Waals surface area contributed by atoms with Crippen LogP contribution in [-0.4, -0.2) is 11.9 Å². The molecule has 1 rings (SSSR count). The van der Waals surface area contributed by atoms with Crippen molar-refractivity contribution in [2.24, 2.45) is 5.92 Å². The molecule has 2 heteroatoms. The molecule has 1 amide bonds. The van der Waals surface area contributed by atoms with Gasteiger partial charge in [-0.05, 0) is 25.7 Å². The van der Waals surface area contributed by atoms with Crippen molar-refractivity contribution in [1.82, 2.24) is 5.32 Å². The molecule has 2 unspecified atom stereocenters. The van der Waals surface area contributed by atoms with Crippen molar-refractivity contribution in [2.45, 2.75) is 31.7 Å². The smallest absolute Gasteiger partial charge is 0.223 e. The number of rotatable bonds is 4. The summed E-state index contributed by atoms with van der Waals surface area (Å²) in [5.41, 5.74) is 0. The lowest BCUT2D eigenvalue weighted by Gasteiger charge is -2.27. The minimum atomic E-state index is 0.151. The first-order valence-electron chi connectivity index (χ1n) is 4.80. The number of allylic oxidation sites excluding steroid dienone is 1. The average Bonchev–Trinajstić information content (AvgIpc) is 2.10. The molecule has 1 aliphatic heterocycles. The lowest BCUT2D eigenvalue weighted by molar-refractivity contribution is -0.127. The molecule has 0 aromatic rings. The molecule has 2 nitrogen and oxygen atoms in total. The first-order chi connectivity index (χ1) is 6.27. The zero-order valence-electron chi connectivity index (χ0n) is 7.96. The van der Waals surface area contributed by atoms with E-state index < -0.39 is 0 Å². The van der Waals surface area contributed by atoms with Crippen LogP contribution in [0.5, 0.6) is 0 Å². The third kappa shape index (κ3) is 2.72. The third-order valence-electron chi connectivity index (χ3n) is 2.48. The minimum absolute atomic E-state index is 0.151. The van der Waals surface area contributed by atoms with Crippen LogP contribution < -0.4 is 5.32 Å². The molecular weight excluding hydrogens is 162 g/mol. The number of carbonyl (C=O) groups is 1. The number of nitrogens with one attached hydrogen (secondary N) is 1. The van der Waals surface area contributed by atoms with E-state index in [-0.39, 0.29) is 11.8 Å². The van der Waals surface area contributed by atoms with Crippen LogP contribution in [0.1, 0.15) is 25.7 Å². The van der Waals surface area contributed by atoms with E-state index in [0.717, 1.165) is 25.7 Å². The van der Waals surface area contributed by atoms with E-state index in [4.69, 9.17) is 0 Å². The molecule has 0 aliphatic carbocycles. The van der Waals surface area contributed by atoms with Gasteiger partial charge in [0.2, 0.25) is 5.91 Å². The molecule has 1 saturated heterocycles. The maximum Gasteiger partial charge on any atom is 0.223 e. The summed E-state index contributed by atoms with van der Waals surface area (Å²) in [5, 5.41) is 2.99. The molecule has 0 radical (unpaired) electrons. The van der Waals surface area contributed by atoms with Crippen LogP contribution in [0, 0.1) is 5.92 Å². The highest BCUT2D eigenvalue weighted by Crippen LogP contribution is 2.20. The van der Waals surface area contributed by atoms with Crippen molar-refractivity contribution in [3.8, 4) is 0 Å². The van der Waals surface area contributed by atoms with Gasteiger partial charge in [-0.15, -0.1) is 13.2 Å². The van der Waals surface area contributed by atoms with Gasteiger partial charge >= 0.3 is 0 Å². The van der Waals surface area contributed by atoms with Crippen molar-refractivity contribution in [3.63, 3.8) is 0 Å². The van der Waals surface area contributed by atoms with Crippen LogP contribution in [-0.2, 0) is 4.79 Å². The standard InChI is InChI=1S/C11H17NO/c1-3-5-9-7-8-10(6-4-2)12-11(9)13/h3-4,9-10H,1-2,5-8H2,(H,12,13). The molecule has 1 fully saturated rings. The van der Waals surface area contributed by atoms with Gasteiger partial charge in [0.25, 0.3) is 0 Å². The first kappa shape index (κ1) is 10.0. The highest BCUT2D eigenvalue weighted by Gasteiger charge is 2.25. The molecule has 2 atom stereocenters. The Morgan fingerprint density at radius 1 is 1.31 bits per heavy atom. The minimum Gasteiger partial charge on any atom is -0.353 e. The predicted octanol–water partition coefficient (Wildman–Crippen LogP) is 2.03. The second-order valence-corrected chi connectivity index (χ2v) is 3.53. The Bertz CT molecular complexity index is 210. The monoisotopic (exact) mass is 179 g/mol. The molecule has 0 aromatic carbocycles. The van der Waals surface area contributed by atoms with Crippen LogP contribution >= 0.6 is 0 Å². The summed E-state index contributed by atoms with van der Waals surface area (Å²) in [6.45, 7) is 7.32. The summed E-state index contributed by atoms with van der Waals surface area (Å²) in [7, 11) is 0. The van der Waals surface area contributed by atoms with Gasteiger partial charge in [0.1, 0.15) is 0 Å². The van der Waals surface area contributed by atoms with Crippen molar-refractivity contribution in [3.05, 3.63) is 25.3 Å². The molecule has 1 aliphatic rings. The lowest BCUT2D eigenvalue weighted by atomic mass is 9.90. The molecule has 13 heavy (non-hydrogen) atoms. The number of piperidine rings is 1. The molecule has 72 valence electrons. The maximum absolute atomic E-state index is 11.5. The fourth-order valence-corrected chi connectivity index (χ4v) is 1.73. The van der Waals surface area contributed by atoms with Gasteiger partial charge in [-0.3, -0.25) is 4.79 Å². The summed E-state index contributed by atoms with van der Waals surface area (Å²) >= 11 is 0. The van der Waals surface area contributed by atoms with Gasteiger partial charge in [-0.1, -0.05) is 12.2 Å². The van der Waals surface area contributed by atoms with E-state index in [0.29, 0.717) is 6.04 Å². The van der Waals surface area contributed by atoms with E-state index in [1.165, 1.54) is 0 Å². The Labute approximate surface area is 79.7 Å². The van der Waals surface area contributed by atoms with Crippen LogP contribution in [0.25, 0.3) is 0 Å². The van der Waals surface area contributed by atoms with Crippen molar-refractivity contribution < 1.29 is 4.79 Å². The summed E-state index contributed by atoms with van der Waals surface area (Å²) < 4.78 is 0. The predicted molar refractivity (Wildman–Crippen MR) is 54.3 cm³/mol. The third-order valence-corrected chi connectivity index (χ3v) is 2.48. The van der Waals surface area contributed by atoms with Gasteiger partial charge < -0.3 is 5.32 Å². The molecule has 1 N–H and O–H groups in total. The normalized spacial score (nSPS) is 27.8. The second kappa shape index (κ2) is 4.85. The first-order valence-corrected chi connectivity index (χ1v) is 4.80. The number of carbonyl (C=O) groups excluding carboxylic acids is 1. The summed E-state index contributed by atoms with van der Waals surface area (Å²) in [6, 6.07) is 0.311. The molecule has 1 heterocycles. The fraction of sp³-hybridized carbons (Fsp3) is 0.545. The van der Waals surface area contributed by atoms with Gasteiger partial charge in [-0.2, -0.15) is 0 Å². The molecular formula is C11H17NO. The Balaban J connectivity index is 2.41. The Kier molecular flexibility index (Phi) is 3.74. The van der Waals surface area contributed by atoms with E-state index in [2.05, 4.69) is 18.5 Å². The van der Waals surface area contributed by atoms with Crippen LogP contribution in [0.2, 0.25) is 0 Å². The zero-order valence-corrected chi connectivity index (χ0v) is 7.96. The molecule has 0 spiro atoms. The van der Waals surface area contributed by atoms with Crippen molar-refractivity contribution in [1.29, 1.82) is 0 Å². The van der Waals surface area contributed by atoms with E-state index in [1.807, 2.05) is 12.2 Å². The van der Waals surface area contributed by atoms with E-state index >= 15 is 0 Å². The SMILES string of the molecule is C=CCC1CCC(CC=C)C(=O)N1. The van der Waals surface area contributed by atoms with Gasteiger partial charge in [0.15, 0.2) is 0 Å². The average molecular weight is 179 g/mol. The zero-order chi connectivity index (χ0) is 9.68. The number of hydrogen-bond donors (Lipinski definition) is 1. The highest BCUT2D eigenvalue weighted by atomic mass is 16.2. The largest absolute Gasteiger partial charge is 0.353 e. The summed E-state index contributed by atoms with van der Waals surface area (Å²) in [4.78, 5) is 11.5. The second-order valence-electron chi connectivity index (χ2n) is 3.53. The van der Waals surface area contributed by atoms with E-state index in [9.17, 15) is 4.79 Å². The van der Waals surface area contributed by atoms with Gasteiger partial charge in [0, 0.05) is 12.0 Å². The Hall–Kier alpha value is -1.05. The van der Waals surface area contributed by atoms with Gasteiger partial charge in [0.05, 0.1) is 0 Å². The maximum atomic E-state index is 11.5. The van der Waals surface area contributed by atoms with Crippen molar-refractivity contribution in [2.75, 3.05) is 0 Å². The van der Waals surface area contributed by atoms with Crippen LogP contribution in [0.15, 0.2) is 25.3 Å². The Morgan fingerprint density at radius 3 is 2.54 bits per heavy atom. The molecule has 0 aromatic heterocycles. The van der Waals surface area contributed by atoms with Gasteiger partial charge in [-0.25, -0.2) is 0 Å². The molecule has 0 saturated carbocycles. The van der Waals surface area contributed by atoms with Crippen molar-refractivity contribution >= 4 is 5.91 Å². The number of hydrogen-bond acceptors (Lipinski definition) is 1. The van der Waals surface area contributed by atoms with E-state index in [1.54, 1.807) is 0 Å². The summed E-state index contributed by atoms with van der Waals surface area (Å²) in [5.74, 6) is 0.330. The molecule has 0 bridgehead atoms. The van der Waals surface area contributed by atoms with Crippen LogP contribution in [0.3, 0.4) is 0 Å². The lowest BCUT2D eigenvalue weighted by Crippen LogP contribution is -2.43. The quantitative estimate of drug-likeness (QED) is 0.657. The summed E-state index contributed by atoms with van der Waals surface area (Å²) in [6.07, 6.45) is 7.41. The van der Waals surface area contributed by atoms with Crippen LogP contribution in [0.4, 0.5) is 0 Å². The fourth-order valence-electron chi connectivity index (χ4n) is 1.73. The topological polar surface area (TPSA) is 29.1 Å². The Morgan fingerprint density at radius 2 is 2.00 bits per heavy atom. The number of amides is 1.